The van der Waals surface area contributed by atoms with Gasteiger partial charge in [-0.05, 0) is 36.6 Å². The van der Waals surface area contributed by atoms with Crippen LogP contribution in [0.4, 0.5) is 5.82 Å². The summed E-state index contributed by atoms with van der Waals surface area (Å²) in [7, 11) is 1.30. The van der Waals surface area contributed by atoms with Crippen LogP contribution in [-0.4, -0.2) is 29.0 Å². The lowest BCUT2D eigenvalue weighted by Crippen LogP contribution is -2.15. The number of ether oxygens (including phenoxy) is 1. The Kier molecular flexibility index (Phi) is 6.42. The van der Waals surface area contributed by atoms with Crippen molar-refractivity contribution < 1.29 is 14.3 Å². The zero-order valence-corrected chi connectivity index (χ0v) is 13.9. The number of hydrogen-bond acceptors (Lipinski definition) is 5. The van der Waals surface area contributed by atoms with Crippen LogP contribution in [0.15, 0.2) is 36.7 Å². The Morgan fingerprint density at radius 3 is 2.67 bits per heavy atom. The molecule has 0 unspecified atom stereocenters. The summed E-state index contributed by atoms with van der Waals surface area (Å²) < 4.78 is 4.64. The van der Waals surface area contributed by atoms with E-state index in [1.54, 1.807) is 12.3 Å². The Hall–Kier alpha value is -2.76. The van der Waals surface area contributed by atoms with Crippen LogP contribution in [0.5, 0.6) is 0 Å². The summed E-state index contributed by atoms with van der Waals surface area (Å²) in [4.78, 5) is 31.9. The summed E-state index contributed by atoms with van der Waals surface area (Å²) in [6.45, 7) is 2.16. The van der Waals surface area contributed by atoms with E-state index in [1.165, 1.54) is 38.3 Å². The van der Waals surface area contributed by atoms with Gasteiger partial charge >= 0.3 is 5.97 Å². The van der Waals surface area contributed by atoms with E-state index in [4.69, 9.17) is 0 Å². The number of nitrogens with zero attached hydrogens (tertiary/aromatic N) is 2. The van der Waals surface area contributed by atoms with Crippen LogP contribution in [0.25, 0.3) is 0 Å². The average molecular weight is 327 g/mol. The van der Waals surface area contributed by atoms with Gasteiger partial charge in [-0.3, -0.25) is 9.78 Å². The van der Waals surface area contributed by atoms with E-state index in [9.17, 15) is 9.59 Å². The van der Waals surface area contributed by atoms with Gasteiger partial charge in [-0.2, -0.15) is 0 Å². The predicted molar refractivity (Wildman–Crippen MR) is 91.0 cm³/mol. The molecule has 0 aliphatic carbocycles. The molecule has 2 aromatic heterocycles. The topological polar surface area (TPSA) is 81.2 Å². The third-order valence-corrected chi connectivity index (χ3v) is 3.55. The van der Waals surface area contributed by atoms with Crippen LogP contribution >= 0.6 is 0 Å². The van der Waals surface area contributed by atoms with E-state index in [1.807, 2.05) is 6.07 Å². The predicted octanol–water partition coefficient (Wildman–Crippen LogP) is 3.25. The van der Waals surface area contributed by atoms with Crippen LogP contribution in [-0.2, 0) is 11.2 Å². The van der Waals surface area contributed by atoms with Crippen LogP contribution < -0.4 is 5.32 Å². The minimum Gasteiger partial charge on any atom is -0.465 e. The summed E-state index contributed by atoms with van der Waals surface area (Å²) in [5.74, 6) is -0.580. The number of unbranched alkanes of at least 4 members (excludes halogenated alkanes) is 2. The van der Waals surface area contributed by atoms with Crippen LogP contribution in [0.1, 0.15) is 52.6 Å². The highest BCUT2D eigenvalue weighted by Gasteiger charge is 2.11. The molecule has 1 N–H and O–H groups in total. The van der Waals surface area contributed by atoms with Crippen molar-refractivity contribution in [1.82, 2.24) is 9.97 Å². The highest BCUT2D eigenvalue weighted by molar-refractivity contribution is 6.02. The molecule has 0 saturated carbocycles. The maximum atomic E-state index is 12.2. The van der Waals surface area contributed by atoms with Crippen molar-refractivity contribution in [1.29, 1.82) is 0 Å². The molecule has 0 bridgehead atoms. The van der Waals surface area contributed by atoms with E-state index in [2.05, 4.69) is 26.9 Å². The molecule has 6 heteroatoms. The number of aryl methyl sites for hydroxylation is 1. The molecule has 0 saturated heterocycles. The molecule has 0 spiro atoms. The van der Waals surface area contributed by atoms with Crippen molar-refractivity contribution in [3.05, 3.63) is 53.5 Å². The third-order valence-electron chi connectivity index (χ3n) is 3.55. The van der Waals surface area contributed by atoms with Gasteiger partial charge in [0, 0.05) is 12.4 Å². The second kappa shape index (κ2) is 8.76. The summed E-state index contributed by atoms with van der Waals surface area (Å²) in [6.07, 6.45) is 7.60. The molecule has 0 radical (unpaired) electrons. The van der Waals surface area contributed by atoms with Gasteiger partial charge in [0.1, 0.15) is 11.5 Å². The largest absolute Gasteiger partial charge is 0.465 e. The number of methoxy groups -OCH3 is 1. The first-order valence-corrected chi connectivity index (χ1v) is 7.94. The maximum absolute atomic E-state index is 12.2. The molecule has 24 heavy (non-hydrogen) atoms. The van der Waals surface area contributed by atoms with Crippen molar-refractivity contribution in [2.45, 2.75) is 32.6 Å². The van der Waals surface area contributed by atoms with Crippen LogP contribution in [0, 0.1) is 0 Å². The Balaban J connectivity index is 2.00. The number of rotatable bonds is 7. The normalized spacial score (nSPS) is 10.2. The van der Waals surface area contributed by atoms with Gasteiger partial charge in [0.25, 0.3) is 5.91 Å². The number of hydrogen-bond donors (Lipinski definition) is 1. The third kappa shape index (κ3) is 4.87. The first-order chi connectivity index (χ1) is 11.6. The molecule has 1 amide bonds. The van der Waals surface area contributed by atoms with Gasteiger partial charge in [0.05, 0.1) is 12.7 Å². The smallest absolute Gasteiger partial charge is 0.338 e. The first-order valence-electron chi connectivity index (χ1n) is 7.94. The lowest BCUT2D eigenvalue weighted by molar-refractivity contribution is 0.0600. The molecule has 0 fully saturated rings. The fourth-order valence-corrected chi connectivity index (χ4v) is 2.21. The van der Waals surface area contributed by atoms with Crippen molar-refractivity contribution in [2.24, 2.45) is 0 Å². The highest BCUT2D eigenvalue weighted by Crippen LogP contribution is 2.11. The number of amides is 1. The van der Waals surface area contributed by atoms with Gasteiger partial charge < -0.3 is 10.1 Å². The van der Waals surface area contributed by atoms with E-state index in [0.717, 1.165) is 18.4 Å². The Bertz CT molecular complexity index is 699. The monoisotopic (exact) mass is 327 g/mol. The average Bonchev–Trinajstić information content (AvgIpc) is 2.62. The summed E-state index contributed by atoms with van der Waals surface area (Å²) in [6, 6.07) is 6.59. The van der Waals surface area contributed by atoms with Gasteiger partial charge in [0.15, 0.2) is 0 Å². The maximum Gasteiger partial charge on any atom is 0.338 e. The van der Waals surface area contributed by atoms with Gasteiger partial charge in [-0.25, -0.2) is 9.78 Å². The second-order valence-electron chi connectivity index (χ2n) is 5.38. The minimum absolute atomic E-state index is 0.275. The fourth-order valence-electron chi connectivity index (χ4n) is 2.21. The molecule has 6 nitrogen and oxygen atoms in total. The van der Waals surface area contributed by atoms with E-state index < -0.39 is 5.97 Å². The van der Waals surface area contributed by atoms with Crippen molar-refractivity contribution in [3.63, 3.8) is 0 Å². The van der Waals surface area contributed by atoms with Gasteiger partial charge in [-0.1, -0.05) is 25.8 Å². The number of esters is 1. The Morgan fingerprint density at radius 2 is 2.00 bits per heavy atom. The van der Waals surface area contributed by atoms with Crippen molar-refractivity contribution in [2.75, 3.05) is 12.4 Å². The molecule has 126 valence electrons. The van der Waals surface area contributed by atoms with Gasteiger partial charge in [-0.15, -0.1) is 0 Å². The fraction of sp³-hybridized carbons (Fsp3) is 0.333. The van der Waals surface area contributed by atoms with Gasteiger partial charge in [0.2, 0.25) is 0 Å². The quantitative estimate of drug-likeness (QED) is 0.623. The van der Waals surface area contributed by atoms with Crippen LogP contribution in [0.3, 0.4) is 0 Å². The Morgan fingerprint density at radius 1 is 1.17 bits per heavy atom. The van der Waals surface area contributed by atoms with E-state index in [-0.39, 0.29) is 11.7 Å². The van der Waals surface area contributed by atoms with E-state index >= 15 is 0 Å². The minimum atomic E-state index is -0.484. The number of nitrogens with one attached hydrogen (secondary N) is 1. The molecule has 2 heterocycles. The highest BCUT2D eigenvalue weighted by atomic mass is 16.5. The number of carbonyl (C=O) groups is 2. The molecule has 0 aromatic carbocycles. The molecule has 0 aliphatic rings. The molecule has 2 rings (SSSR count). The second-order valence-corrected chi connectivity index (χ2v) is 5.38. The lowest BCUT2D eigenvalue weighted by atomic mass is 10.1. The summed E-state index contributed by atoms with van der Waals surface area (Å²) >= 11 is 0. The molecule has 0 atom stereocenters. The first kappa shape index (κ1) is 17.6. The molecular weight excluding hydrogens is 306 g/mol. The number of anilines is 1. The summed E-state index contributed by atoms with van der Waals surface area (Å²) in [5, 5.41) is 2.63. The zero-order valence-electron chi connectivity index (χ0n) is 13.9. The Labute approximate surface area is 141 Å². The molecular formula is C18H21N3O3. The van der Waals surface area contributed by atoms with E-state index in [0.29, 0.717) is 11.3 Å². The molecule has 0 aliphatic heterocycles. The van der Waals surface area contributed by atoms with Crippen molar-refractivity contribution in [3.8, 4) is 0 Å². The van der Waals surface area contributed by atoms with Crippen LogP contribution in [0.2, 0.25) is 0 Å². The zero-order chi connectivity index (χ0) is 17.4. The summed E-state index contributed by atoms with van der Waals surface area (Å²) in [5.41, 5.74) is 1.74. The number of aromatic nitrogens is 2. The standard InChI is InChI=1S/C18H21N3O3/c1-3-4-5-6-13-7-8-15(20-12-13)17(22)21-16-11-14(9-10-19-16)18(23)24-2/h7-12H,3-6H2,1-2H3,(H,19,21,22). The number of carbonyl (C=O) groups excluding carboxylic acids is 2. The SMILES string of the molecule is CCCCCc1ccc(C(=O)Nc2cc(C(=O)OC)ccn2)nc1. The van der Waals surface area contributed by atoms with Crippen molar-refractivity contribution >= 4 is 17.7 Å². The molecule has 2 aromatic rings. The lowest BCUT2D eigenvalue weighted by Gasteiger charge is -2.06. The number of pyridine rings is 2.